The van der Waals surface area contributed by atoms with Crippen molar-refractivity contribution in [2.75, 3.05) is 0 Å². The first-order valence-corrected chi connectivity index (χ1v) is 6.23. The topological polar surface area (TPSA) is 55.1 Å². The molecule has 1 atom stereocenters. The molecule has 96 valence electrons. The SMILES string of the molecule is Cc1cc(C(=O)NC(C)CCCC(C)C)on1. The number of hydrogen-bond donors (Lipinski definition) is 1. The number of amides is 1. The summed E-state index contributed by atoms with van der Waals surface area (Å²) in [7, 11) is 0. The van der Waals surface area contributed by atoms with Crippen molar-refractivity contribution in [1.29, 1.82) is 0 Å². The highest BCUT2D eigenvalue weighted by molar-refractivity contribution is 5.91. The van der Waals surface area contributed by atoms with Crippen molar-refractivity contribution < 1.29 is 9.32 Å². The molecule has 0 spiro atoms. The van der Waals surface area contributed by atoms with E-state index in [9.17, 15) is 4.79 Å². The Balaban J connectivity index is 2.31. The van der Waals surface area contributed by atoms with Crippen LogP contribution >= 0.6 is 0 Å². The van der Waals surface area contributed by atoms with Gasteiger partial charge in [-0.25, -0.2) is 0 Å². The van der Waals surface area contributed by atoms with Gasteiger partial charge in [-0.3, -0.25) is 4.79 Å². The van der Waals surface area contributed by atoms with E-state index in [1.807, 2.05) is 6.92 Å². The molecule has 1 unspecified atom stereocenters. The van der Waals surface area contributed by atoms with Gasteiger partial charge in [0, 0.05) is 12.1 Å². The lowest BCUT2D eigenvalue weighted by atomic mass is 10.0. The van der Waals surface area contributed by atoms with Crippen LogP contribution < -0.4 is 5.32 Å². The summed E-state index contributed by atoms with van der Waals surface area (Å²) in [6.07, 6.45) is 3.33. The van der Waals surface area contributed by atoms with E-state index < -0.39 is 0 Å². The minimum absolute atomic E-state index is 0.173. The Bertz CT molecular complexity index is 358. The van der Waals surface area contributed by atoms with E-state index in [0.29, 0.717) is 5.76 Å². The van der Waals surface area contributed by atoms with Gasteiger partial charge in [-0.1, -0.05) is 31.8 Å². The van der Waals surface area contributed by atoms with Gasteiger partial charge in [-0.15, -0.1) is 0 Å². The van der Waals surface area contributed by atoms with Gasteiger partial charge in [0.2, 0.25) is 5.76 Å². The number of carbonyl (C=O) groups excluding carboxylic acids is 1. The summed E-state index contributed by atoms with van der Waals surface area (Å²) >= 11 is 0. The van der Waals surface area contributed by atoms with E-state index in [4.69, 9.17) is 4.52 Å². The van der Waals surface area contributed by atoms with Crippen molar-refractivity contribution in [1.82, 2.24) is 10.5 Å². The first-order chi connectivity index (χ1) is 7.99. The highest BCUT2D eigenvalue weighted by atomic mass is 16.5. The third-order valence-corrected chi connectivity index (χ3v) is 2.65. The van der Waals surface area contributed by atoms with Gasteiger partial charge in [-0.2, -0.15) is 0 Å². The Morgan fingerprint density at radius 3 is 2.65 bits per heavy atom. The van der Waals surface area contributed by atoms with Crippen LogP contribution in [0.3, 0.4) is 0 Å². The van der Waals surface area contributed by atoms with Crippen molar-refractivity contribution in [3.8, 4) is 0 Å². The Kier molecular flexibility index (Phi) is 5.19. The van der Waals surface area contributed by atoms with Crippen LogP contribution in [0.2, 0.25) is 0 Å². The lowest BCUT2D eigenvalue weighted by Crippen LogP contribution is -2.32. The zero-order valence-corrected chi connectivity index (χ0v) is 11.1. The Hall–Kier alpha value is -1.32. The van der Waals surface area contributed by atoms with Crippen molar-refractivity contribution in [3.05, 3.63) is 17.5 Å². The monoisotopic (exact) mass is 238 g/mol. The predicted molar refractivity (Wildman–Crippen MR) is 66.9 cm³/mol. The predicted octanol–water partition coefficient (Wildman–Crippen LogP) is 2.93. The second-order valence-corrected chi connectivity index (χ2v) is 5.03. The van der Waals surface area contributed by atoms with Gasteiger partial charge in [0.15, 0.2) is 0 Å². The maximum atomic E-state index is 11.7. The van der Waals surface area contributed by atoms with Crippen molar-refractivity contribution in [2.24, 2.45) is 5.92 Å². The Morgan fingerprint density at radius 2 is 2.12 bits per heavy atom. The zero-order chi connectivity index (χ0) is 12.8. The molecule has 17 heavy (non-hydrogen) atoms. The number of aromatic nitrogens is 1. The normalized spacial score (nSPS) is 12.8. The summed E-state index contributed by atoms with van der Waals surface area (Å²) in [6.45, 7) is 8.23. The van der Waals surface area contributed by atoms with Crippen LogP contribution in [-0.4, -0.2) is 17.1 Å². The first-order valence-electron chi connectivity index (χ1n) is 6.23. The van der Waals surface area contributed by atoms with Crippen LogP contribution in [0.25, 0.3) is 0 Å². The minimum Gasteiger partial charge on any atom is -0.351 e. The quantitative estimate of drug-likeness (QED) is 0.829. The van der Waals surface area contributed by atoms with Gasteiger partial charge in [0.1, 0.15) is 0 Å². The maximum absolute atomic E-state index is 11.7. The molecule has 0 aliphatic carbocycles. The van der Waals surface area contributed by atoms with Crippen LogP contribution in [-0.2, 0) is 0 Å². The van der Waals surface area contributed by atoms with Gasteiger partial charge < -0.3 is 9.84 Å². The molecule has 0 aliphatic rings. The third-order valence-electron chi connectivity index (χ3n) is 2.65. The fraction of sp³-hybridized carbons (Fsp3) is 0.692. The van der Waals surface area contributed by atoms with Crippen molar-refractivity contribution in [2.45, 2.75) is 53.0 Å². The molecule has 1 amide bonds. The van der Waals surface area contributed by atoms with Gasteiger partial charge in [0.25, 0.3) is 5.91 Å². The molecule has 1 aromatic rings. The molecule has 4 heteroatoms. The number of nitrogens with zero attached hydrogens (tertiary/aromatic N) is 1. The van der Waals surface area contributed by atoms with E-state index in [1.54, 1.807) is 13.0 Å². The van der Waals surface area contributed by atoms with Gasteiger partial charge >= 0.3 is 0 Å². The molecular formula is C13H22N2O2. The molecule has 0 aliphatic heterocycles. The molecule has 1 rings (SSSR count). The first kappa shape index (κ1) is 13.7. The molecule has 0 bridgehead atoms. The summed E-state index contributed by atoms with van der Waals surface area (Å²) in [5, 5.41) is 6.61. The molecule has 0 aromatic carbocycles. The smallest absolute Gasteiger partial charge is 0.290 e. The molecular weight excluding hydrogens is 216 g/mol. The van der Waals surface area contributed by atoms with Crippen LogP contribution in [0.5, 0.6) is 0 Å². The molecule has 0 saturated carbocycles. The summed E-state index contributed by atoms with van der Waals surface area (Å²) in [5.74, 6) is 0.829. The molecule has 1 heterocycles. The highest BCUT2D eigenvalue weighted by Gasteiger charge is 2.13. The van der Waals surface area contributed by atoms with Crippen molar-refractivity contribution >= 4 is 5.91 Å². The van der Waals surface area contributed by atoms with Crippen LogP contribution in [0.15, 0.2) is 10.6 Å². The van der Waals surface area contributed by atoms with Gasteiger partial charge in [-0.05, 0) is 26.2 Å². The number of hydrogen-bond acceptors (Lipinski definition) is 3. The molecule has 1 N–H and O–H groups in total. The molecule has 0 fully saturated rings. The second kappa shape index (κ2) is 6.42. The molecule has 1 aromatic heterocycles. The summed E-state index contributed by atoms with van der Waals surface area (Å²) in [5.41, 5.74) is 0.725. The molecule has 0 radical (unpaired) electrons. The third kappa shape index (κ3) is 5.02. The Labute approximate surface area is 103 Å². The lowest BCUT2D eigenvalue weighted by Gasteiger charge is -2.13. The van der Waals surface area contributed by atoms with E-state index in [1.165, 1.54) is 6.42 Å². The second-order valence-electron chi connectivity index (χ2n) is 5.03. The number of rotatable bonds is 6. The van der Waals surface area contributed by atoms with Crippen LogP contribution in [0, 0.1) is 12.8 Å². The van der Waals surface area contributed by atoms with E-state index in [2.05, 4.69) is 24.3 Å². The average molecular weight is 238 g/mol. The number of aryl methyl sites for hydroxylation is 1. The van der Waals surface area contributed by atoms with Crippen LogP contribution in [0.1, 0.15) is 56.3 Å². The number of carbonyl (C=O) groups is 1. The number of nitrogens with one attached hydrogen (secondary N) is 1. The highest BCUT2D eigenvalue weighted by Crippen LogP contribution is 2.09. The van der Waals surface area contributed by atoms with Crippen LogP contribution in [0.4, 0.5) is 0 Å². The Morgan fingerprint density at radius 1 is 1.41 bits per heavy atom. The average Bonchev–Trinajstić information content (AvgIpc) is 2.64. The van der Waals surface area contributed by atoms with E-state index >= 15 is 0 Å². The summed E-state index contributed by atoms with van der Waals surface area (Å²) < 4.78 is 4.91. The largest absolute Gasteiger partial charge is 0.351 e. The standard InChI is InChI=1S/C13H22N2O2/c1-9(2)6-5-7-10(3)14-13(16)12-8-11(4)15-17-12/h8-10H,5-7H2,1-4H3,(H,14,16). The van der Waals surface area contributed by atoms with Crippen molar-refractivity contribution in [3.63, 3.8) is 0 Å². The summed E-state index contributed by atoms with van der Waals surface area (Å²) in [6, 6.07) is 1.82. The van der Waals surface area contributed by atoms with E-state index in [0.717, 1.165) is 24.5 Å². The summed E-state index contributed by atoms with van der Waals surface area (Å²) in [4.78, 5) is 11.7. The maximum Gasteiger partial charge on any atom is 0.290 e. The lowest BCUT2D eigenvalue weighted by molar-refractivity contribution is 0.0900. The zero-order valence-electron chi connectivity index (χ0n) is 11.1. The fourth-order valence-electron chi connectivity index (χ4n) is 1.67. The molecule has 0 saturated heterocycles. The molecule has 4 nitrogen and oxygen atoms in total. The fourth-order valence-corrected chi connectivity index (χ4v) is 1.67. The minimum atomic E-state index is -0.178. The van der Waals surface area contributed by atoms with E-state index in [-0.39, 0.29) is 11.9 Å². The van der Waals surface area contributed by atoms with Gasteiger partial charge in [0.05, 0.1) is 5.69 Å².